The van der Waals surface area contributed by atoms with Gasteiger partial charge in [-0.3, -0.25) is 20.2 Å². The summed E-state index contributed by atoms with van der Waals surface area (Å²) >= 11 is 12.8. The van der Waals surface area contributed by atoms with Crippen LogP contribution in [-0.4, -0.2) is 30.9 Å². The Morgan fingerprint density at radius 2 is 1.00 bits per heavy atom. The first-order valence-corrected chi connectivity index (χ1v) is 34.3. The molecular weight excluding hydrogens is 1400 g/mol. The summed E-state index contributed by atoms with van der Waals surface area (Å²) in [5.41, 5.74) is 24.5. The number of nitrogens with two attached hydrogens (primary N) is 4. The molecule has 65 heavy (non-hydrogen) atoms. The summed E-state index contributed by atoms with van der Waals surface area (Å²) in [5, 5.41) is 38.3. The molecule has 1 atom stereocenters. The Bertz CT molecular complexity index is 2370. The van der Waals surface area contributed by atoms with Gasteiger partial charge in [-0.1, -0.05) is 122 Å². The van der Waals surface area contributed by atoms with Gasteiger partial charge in [-0.05, 0) is 70.9 Å². The molecule has 6 rings (SSSR count). The fraction of sp³-hybridized carbons (Fsp3) is 0.140. The molecule has 6 aromatic carbocycles. The molecule has 0 amide bonds. The zero-order valence-corrected chi connectivity index (χ0v) is 46.7. The van der Waals surface area contributed by atoms with E-state index in [4.69, 9.17) is 33.0 Å². The van der Waals surface area contributed by atoms with Gasteiger partial charge >= 0.3 is 77.7 Å². The Hall–Kier alpha value is -2.92. The first kappa shape index (κ1) is 62.1. The van der Waals surface area contributed by atoms with Crippen molar-refractivity contribution in [3.05, 3.63) is 176 Å². The van der Waals surface area contributed by atoms with Crippen molar-refractivity contribution < 1.29 is 39.4 Å². The molecule has 0 fully saturated rings. The van der Waals surface area contributed by atoms with E-state index in [1.54, 1.807) is 60.7 Å². The van der Waals surface area contributed by atoms with E-state index in [9.17, 15) is 33.4 Å². The van der Waals surface area contributed by atoms with E-state index in [0.717, 1.165) is 10.3 Å². The minimum atomic E-state index is -1.72. The SMILES string of the molecule is CCC(C)I.Nc1cccc(-c2ccccc2F)c1N.Nc1cccc(-c2ccccc2F)c1[N+](=O)[O-].Nc1cccc(Br)c1[N+](=O)[O-].OB(O)c1ccccc1F.[CH2-]CC.[HH].[I][V]([I])[I]. The van der Waals surface area contributed by atoms with E-state index < -0.39 is 28.6 Å². The first-order valence-electron chi connectivity index (χ1n) is 18.7. The van der Waals surface area contributed by atoms with Crippen LogP contribution in [0.15, 0.2) is 132 Å². The van der Waals surface area contributed by atoms with Crippen LogP contribution in [-0.2, 0) is 4.92 Å². The molecule has 0 heterocycles. The molecule has 6 aromatic rings. The number of nitro benzene ring substituents is 2. The summed E-state index contributed by atoms with van der Waals surface area (Å²) in [6.07, 6.45) is 2.29. The predicted molar refractivity (Wildman–Crippen MR) is 299 cm³/mol. The van der Waals surface area contributed by atoms with Gasteiger partial charge in [0.15, 0.2) is 0 Å². The van der Waals surface area contributed by atoms with Crippen molar-refractivity contribution in [2.45, 2.75) is 37.5 Å². The van der Waals surface area contributed by atoms with Crippen molar-refractivity contribution in [2.75, 3.05) is 22.9 Å². The number of hydrogen-bond donors (Lipinski definition) is 6. The zero-order chi connectivity index (χ0) is 49.8. The average molecular weight is 1450 g/mol. The molecule has 352 valence electrons. The Kier molecular flexibility index (Phi) is 32.8. The molecule has 0 bridgehead atoms. The number of nitro groups is 2. The number of hydrogen-bond acceptors (Lipinski definition) is 10. The Balaban J connectivity index is 0. The molecule has 0 spiro atoms. The molecule has 10 N–H and O–H groups in total. The first-order chi connectivity index (χ1) is 30.6. The third-order valence-corrected chi connectivity index (χ3v) is 9.18. The van der Waals surface area contributed by atoms with Crippen molar-refractivity contribution in [3.63, 3.8) is 0 Å². The number of benzene rings is 6. The molecule has 0 saturated heterocycles. The number of nitrogen functional groups attached to an aromatic ring is 4. The second-order valence-corrected chi connectivity index (χ2v) is 50.8. The van der Waals surface area contributed by atoms with Gasteiger partial charge in [-0.2, -0.15) is 6.42 Å². The van der Waals surface area contributed by atoms with E-state index in [1.165, 1.54) is 73.2 Å². The van der Waals surface area contributed by atoms with E-state index in [2.05, 4.69) is 119 Å². The molecule has 0 aliphatic heterocycles. The molecule has 0 aromatic heterocycles. The van der Waals surface area contributed by atoms with Gasteiger partial charge in [-0.15, -0.1) is 0 Å². The number of para-hydroxylation sites is 3. The summed E-state index contributed by atoms with van der Waals surface area (Å²) in [7, 11) is -1.72. The van der Waals surface area contributed by atoms with Crippen LogP contribution in [0, 0.1) is 44.6 Å². The molecule has 0 radical (unpaired) electrons. The minimum absolute atomic E-state index is 0. The number of anilines is 4. The van der Waals surface area contributed by atoms with Crippen LogP contribution in [0.2, 0.25) is 0 Å². The van der Waals surface area contributed by atoms with Gasteiger partial charge in [-0.25, -0.2) is 13.2 Å². The third-order valence-electron chi connectivity index (χ3n) is 7.66. The van der Waals surface area contributed by atoms with Gasteiger partial charge in [0.25, 0.3) is 5.69 Å². The number of halogens is 8. The van der Waals surface area contributed by atoms with Gasteiger partial charge in [0.05, 0.1) is 31.3 Å². The normalized spacial score (nSPS) is 10.1. The Morgan fingerprint density at radius 1 is 0.662 bits per heavy atom. The summed E-state index contributed by atoms with van der Waals surface area (Å²) < 4.78 is 40.9. The van der Waals surface area contributed by atoms with Crippen LogP contribution in [0.4, 0.5) is 47.3 Å². The maximum atomic E-state index is 13.6. The summed E-state index contributed by atoms with van der Waals surface area (Å²) in [6, 6.07) is 32.3. The van der Waals surface area contributed by atoms with E-state index in [1.807, 2.05) is 6.92 Å². The van der Waals surface area contributed by atoms with E-state index >= 15 is 0 Å². The molecule has 0 aliphatic rings. The van der Waals surface area contributed by atoms with Crippen molar-refractivity contribution in [1.29, 1.82) is 0 Å². The second kappa shape index (κ2) is 34.4. The third kappa shape index (κ3) is 24.1. The van der Waals surface area contributed by atoms with Crippen molar-refractivity contribution >= 4 is 145 Å². The Morgan fingerprint density at radius 3 is 1.35 bits per heavy atom. The van der Waals surface area contributed by atoms with Crippen LogP contribution in [0.25, 0.3) is 22.3 Å². The molecule has 12 nitrogen and oxygen atoms in total. The van der Waals surface area contributed by atoms with Gasteiger partial charge in [0.2, 0.25) is 0 Å². The Labute approximate surface area is 438 Å². The van der Waals surface area contributed by atoms with Crippen molar-refractivity contribution in [2.24, 2.45) is 0 Å². The van der Waals surface area contributed by atoms with Gasteiger partial charge in [0.1, 0.15) is 28.8 Å². The predicted octanol–water partition coefficient (Wildman–Crippen LogP) is 13.4. The molecule has 22 heteroatoms. The molecule has 1 unspecified atom stereocenters. The average Bonchev–Trinajstić information content (AvgIpc) is 3.23. The standard InChI is InChI=1S/C12H9FN2O2.C12H11FN2.C6H6BFO2.C6H5BrN2O2.C4H9I.C3H7.3HI.V.H2/c13-10-6-2-1-4-8(10)9-5-3-7-11(14)12(9)15(16)17;13-10-6-2-1-4-8(10)9-5-3-7-11(14)12(9)15;8-6-4-2-1-3-5(6)7(9)10;7-4-2-1-3-5(8)6(4)9(10)11;1-3-4(2)5;1-3-2;;;;;/h1-7H,14H2;1-7H,14-15H2;1-4,9-10H;1-3H,8H2;4H,3H2,1-2H3;1,3H2,2H3;3*1H;;1H/q;;;;;-1;;;;+3;/p-3. The quantitative estimate of drug-likeness (QED) is 0.0176. The van der Waals surface area contributed by atoms with E-state index in [0.29, 0.717) is 27.0 Å². The van der Waals surface area contributed by atoms with Crippen LogP contribution in [0.5, 0.6) is 0 Å². The summed E-state index contributed by atoms with van der Waals surface area (Å²) in [5.74, 6) is -1.41. The monoisotopic (exact) mass is 1450 g/mol. The molecule has 0 aliphatic carbocycles. The van der Waals surface area contributed by atoms with Crippen LogP contribution in [0.3, 0.4) is 0 Å². The van der Waals surface area contributed by atoms with Gasteiger partial charge in [0, 0.05) is 27.5 Å². The van der Waals surface area contributed by atoms with Crippen LogP contribution >= 0.6 is 98.5 Å². The topological polar surface area (TPSA) is 231 Å². The van der Waals surface area contributed by atoms with Crippen LogP contribution in [0.1, 0.15) is 35.0 Å². The number of rotatable bonds is 6. The van der Waals surface area contributed by atoms with E-state index in [-0.39, 0.29) is 51.5 Å². The molecular formula is C43H49BBrF3I4N6O6V-. The number of alkyl halides is 1. The summed E-state index contributed by atoms with van der Waals surface area (Å²) in [6.45, 7) is 9.90. The fourth-order valence-electron chi connectivity index (χ4n) is 4.57. The molecule has 0 saturated carbocycles. The van der Waals surface area contributed by atoms with Crippen molar-refractivity contribution in [3.8, 4) is 22.3 Å². The maximum absolute atomic E-state index is 13.6. The zero-order valence-electron chi connectivity index (χ0n) is 35.1. The van der Waals surface area contributed by atoms with Crippen molar-refractivity contribution in [1.82, 2.24) is 0 Å². The second-order valence-electron chi connectivity index (χ2n) is 12.5. The summed E-state index contributed by atoms with van der Waals surface area (Å²) in [4.78, 5) is 19.9. The fourth-order valence-corrected chi connectivity index (χ4v) is 5.10. The van der Waals surface area contributed by atoms with Gasteiger partial charge < -0.3 is 39.9 Å². The van der Waals surface area contributed by atoms with Crippen LogP contribution < -0.4 is 28.4 Å². The number of nitrogens with zero attached hydrogens (tertiary/aromatic N) is 2.